The molecule has 0 spiro atoms. The van der Waals surface area contributed by atoms with Crippen LogP contribution in [0.15, 0.2) is 24.4 Å². The summed E-state index contributed by atoms with van der Waals surface area (Å²) < 4.78 is 0.699. The number of aromatic nitrogens is 1. The van der Waals surface area contributed by atoms with E-state index in [0.717, 1.165) is 22.8 Å². The van der Waals surface area contributed by atoms with Crippen molar-refractivity contribution in [2.45, 2.75) is 19.4 Å². The molecule has 1 aromatic carbocycles. The maximum atomic E-state index is 11.3. The standard InChI is InChI=1S/C13H12ClN3OS/c14-11-6-16-13(19-11)7-15-9-2-3-10-8(5-9)1-4-12(18)17-10/h2-3,5-6,15H,1,4,7H2,(H,17,18). The molecule has 0 radical (unpaired) electrons. The van der Waals surface area contributed by atoms with Crippen LogP contribution in [-0.2, 0) is 17.8 Å². The summed E-state index contributed by atoms with van der Waals surface area (Å²) in [5.41, 5.74) is 3.11. The van der Waals surface area contributed by atoms with Crippen LogP contribution < -0.4 is 10.6 Å². The Hall–Kier alpha value is -1.59. The van der Waals surface area contributed by atoms with Gasteiger partial charge in [-0.15, -0.1) is 11.3 Å². The van der Waals surface area contributed by atoms with Crippen molar-refractivity contribution in [3.63, 3.8) is 0 Å². The number of benzene rings is 1. The first-order chi connectivity index (χ1) is 9.20. The molecule has 1 amide bonds. The Morgan fingerprint density at radius 2 is 2.32 bits per heavy atom. The maximum Gasteiger partial charge on any atom is 0.224 e. The number of carbonyl (C=O) groups is 1. The van der Waals surface area contributed by atoms with Crippen LogP contribution in [0.25, 0.3) is 0 Å². The fraction of sp³-hybridized carbons (Fsp3) is 0.231. The fourth-order valence-corrected chi connectivity index (χ4v) is 2.94. The summed E-state index contributed by atoms with van der Waals surface area (Å²) in [5, 5.41) is 7.14. The number of fused-ring (bicyclic) bond motifs is 1. The molecule has 98 valence electrons. The molecule has 0 atom stereocenters. The van der Waals surface area contributed by atoms with Gasteiger partial charge in [0.05, 0.1) is 12.7 Å². The molecule has 2 aromatic rings. The summed E-state index contributed by atoms with van der Waals surface area (Å²) in [6, 6.07) is 5.97. The molecule has 3 rings (SSSR count). The summed E-state index contributed by atoms with van der Waals surface area (Å²) in [5.74, 6) is 0.0886. The van der Waals surface area contributed by atoms with E-state index >= 15 is 0 Å². The molecule has 0 unspecified atom stereocenters. The molecule has 2 heterocycles. The van der Waals surface area contributed by atoms with E-state index in [9.17, 15) is 4.79 Å². The van der Waals surface area contributed by atoms with Crippen LogP contribution in [0.2, 0.25) is 4.34 Å². The van der Waals surface area contributed by atoms with Crippen LogP contribution in [0, 0.1) is 0 Å². The molecular formula is C13H12ClN3OS. The van der Waals surface area contributed by atoms with E-state index in [4.69, 9.17) is 11.6 Å². The molecule has 2 N–H and O–H groups in total. The number of nitrogens with one attached hydrogen (secondary N) is 2. The summed E-state index contributed by atoms with van der Waals surface area (Å²) in [6.07, 6.45) is 3.00. The summed E-state index contributed by atoms with van der Waals surface area (Å²) in [4.78, 5) is 15.5. The van der Waals surface area contributed by atoms with Gasteiger partial charge in [-0.3, -0.25) is 4.79 Å². The number of hydrogen-bond acceptors (Lipinski definition) is 4. The topological polar surface area (TPSA) is 54.0 Å². The normalized spacial score (nSPS) is 13.8. The van der Waals surface area contributed by atoms with Crippen molar-refractivity contribution < 1.29 is 4.79 Å². The molecule has 0 aliphatic carbocycles. The maximum absolute atomic E-state index is 11.3. The monoisotopic (exact) mass is 293 g/mol. The molecule has 0 saturated carbocycles. The second-order valence-electron chi connectivity index (χ2n) is 4.33. The Morgan fingerprint density at radius 1 is 1.42 bits per heavy atom. The van der Waals surface area contributed by atoms with Gasteiger partial charge in [-0.1, -0.05) is 11.6 Å². The van der Waals surface area contributed by atoms with E-state index in [1.165, 1.54) is 16.9 Å². The van der Waals surface area contributed by atoms with Crippen molar-refractivity contribution in [1.29, 1.82) is 0 Å². The van der Waals surface area contributed by atoms with E-state index in [0.29, 0.717) is 17.3 Å². The number of amides is 1. The molecule has 19 heavy (non-hydrogen) atoms. The third-order valence-corrected chi connectivity index (χ3v) is 4.08. The Balaban J connectivity index is 1.70. The van der Waals surface area contributed by atoms with Gasteiger partial charge in [0.25, 0.3) is 0 Å². The minimum Gasteiger partial charge on any atom is -0.379 e. The average Bonchev–Trinajstić information content (AvgIpc) is 2.82. The largest absolute Gasteiger partial charge is 0.379 e. The van der Waals surface area contributed by atoms with Gasteiger partial charge >= 0.3 is 0 Å². The minimum absolute atomic E-state index is 0.0886. The quantitative estimate of drug-likeness (QED) is 0.913. The molecule has 0 fully saturated rings. The molecule has 4 nitrogen and oxygen atoms in total. The number of thiazole rings is 1. The molecule has 1 aliphatic rings. The first-order valence-corrected chi connectivity index (χ1v) is 7.17. The zero-order valence-corrected chi connectivity index (χ0v) is 11.6. The summed E-state index contributed by atoms with van der Waals surface area (Å²) in [6.45, 7) is 0.655. The van der Waals surface area contributed by atoms with Crippen LogP contribution in [-0.4, -0.2) is 10.9 Å². The van der Waals surface area contributed by atoms with Gasteiger partial charge in [0.2, 0.25) is 5.91 Å². The van der Waals surface area contributed by atoms with Crippen molar-refractivity contribution >= 4 is 40.2 Å². The number of nitrogens with zero attached hydrogens (tertiary/aromatic N) is 1. The third kappa shape index (κ3) is 2.88. The van der Waals surface area contributed by atoms with E-state index < -0.39 is 0 Å². The zero-order chi connectivity index (χ0) is 13.2. The predicted octanol–water partition coefficient (Wildman–Crippen LogP) is 3.29. The van der Waals surface area contributed by atoms with Gasteiger partial charge in [0, 0.05) is 17.8 Å². The van der Waals surface area contributed by atoms with Crippen LogP contribution in [0.1, 0.15) is 17.0 Å². The van der Waals surface area contributed by atoms with E-state index in [2.05, 4.69) is 21.7 Å². The number of rotatable bonds is 3. The van der Waals surface area contributed by atoms with Crippen molar-refractivity contribution in [2.24, 2.45) is 0 Å². The number of anilines is 2. The molecule has 1 aliphatic heterocycles. The molecule has 0 bridgehead atoms. The van der Waals surface area contributed by atoms with Gasteiger partial charge in [-0.05, 0) is 30.2 Å². The van der Waals surface area contributed by atoms with Crippen molar-refractivity contribution in [1.82, 2.24) is 4.98 Å². The molecule has 0 saturated heterocycles. The van der Waals surface area contributed by atoms with Gasteiger partial charge < -0.3 is 10.6 Å². The van der Waals surface area contributed by atoms with E-state index in [1.807, 2.05) is 12.1 Å². The number of aryl methyl sites for hydroxylation is 1. The van der Waals surface area contributed by atoms with E-state index in [-0.39, 0.29) is 5.91 Å². The Morgan fingerprint density at radius 3 is 3.11 bits per heavy atom. The lowest BCUT2D eigenvalue weighted by Crippen LogP contribution is -2.18. The van der Waals surface area contributed by atoms with Crippen LogP contribution in [0.5, 0.6) is 0 Å². The Bertz CT molecular complexity index is 626. The zero-order valence-electron chi connectivity index (χ0n) is 10.1. The lowest BCUT2D eigenvalue weighted by molar-refractivity contribution is -0.116. The predicted molar refractivity (Wildman–Crippen MR) is 77.8 cm³/mol. The first kappa shape index (κ1) is 12.4. The van der Waals surface area contributed by atoms with Crippen molar-refractivity contribution in [3.05, 3.63) is 39.3 Å². The highest BCUT2D eigenvalue weighted by molar-refractivity contribution is 7.15. The highest BCUT2D eigenvalue weighted by Crippen LogP contribution is 2.26. The fourth-order valence-electron chi connectivity index (χ4n) is 2.04. The Labute approximate surface area is 119 Å². The Kier molecular flexibility index (Phi) is 3.40. The summed E-state index contributed by atoms with van der Waals surface area (Å²) >= 11 is 7.31. The van der Waals surface area contributed by atoms with Crippen molar-refractivity contribution in [2.75, 3.05) is 10.6 Å². The summed E-state index contributed by atoms with van der Waals surface area (Å²) in [7, 11) is 0. The minimum atomic E-state index is 0.0886. The van der Waals surface area contributed by atoms with Gasteiger partial charge in [-0.25, -0.2) is 4.98 Å². The van der Waals surface area contributed by atoms with Crippen LogP contribution in [0.4, 0.5) is 11.4 Å². The second-order valence-corrected chi connectivity index (χ2v) is 6.08. The highest BCUT2D eigenvalue weighted by Gasteiger charge is 2.14. The highest BCUT2D eigenvalue weighted by atomic mass is 35.5. The SMILES string of the molecule is O=C1CCc2cc(NCc3ncc(Cl)s3)ccc2N1. The second kappa shape index (κ2) is 5.19. The van der Waals surface area contributed by atoms with Crippen molar-refractivity contribution in [3.8, 4) is 0 Å². The number of carbonyl (C=O) groups excluding carboxylic acids is 1. The molecular weight excluding hydrogens is 282 g/mol. The molecule has 6 heteroatoms. The number of halogens is 1. The van der Waals surface area contributed by atoms with Crippen LogP contribution in [0.3, 0.4) is 0 Å². The van der Waals surface area contributed by atoms with E-state index in [1.54, 1.807) is 6.20 Å². The first-order valence-electron chi connectivity index (χ1n) is 5.97. The van der Waals surface area contributed by atoms with Gasteiger partial charge in [0.1, 0.15) is 9.34 Å². The number of hydrogen-bond donors (Lipinski definition) is 2. The van der Waals surface area contributed by atoms with Crippen LogP contribution >= 0.6 is 22.9 Å². The van der Waals surface area contributed by atoms with Gasteiger partial charge in [-0.2, -0.15) is 0 Å². The molecule has 1 aromatic heterocycles. The van der Waals surface area contributed by atoms with Gasteiger partial charge in [0.15, 0.2) is 0 Å². The third-order valence-electron chi connectivity index (χ3n) is 2.97. The average molecular weight is 294 g/mol. The lowest BCUT2D eigenvalue weighted by atomic mass is 10.0. The smallest absolute Gasteiger partial charge is 0.224 e. The lowest BCUT2D eigenvalue weighted by Gasteiger charge is -2.17.